The summed E-state index contributed by atoms with van der Waals surface area (Å²) in [4.78, 5) is 0. The largest absolute Gasteiger partial charge is 0.317 e. The van der Waals surface area contributed by atoms with Crippen molar-refractivity contribution in [2.75, 3.05) is 13.1 Å². The third-order valence-corrected chi connectivity index (χ3v) is 3.50. The Hall–Kier alpha value is 0.250. The van der Waals surface area contributed by atoms with Gasteiger partial charge in [-0.15, -0.1) is 12.4 Å². The summed E-state index contributed by atoms with van der Waals surface area (Å²) in [7, 11) is 0. The monoisotopic (exact) mass is 219 g/mol. The number of halogens is 1. The van der Waals surface area contributed by atoms with E-state index < -0.39 is 0 Å². The summed E-state index contributed by atoms with van der Waals surface area (Å²) in [6, 6.07) is 0. The SMILES string of the molecule is CCNCC(CC)C1CCCCC1.Cl. The van der Waals surface area contributed by atoms with E-state index in [9.17, 15) is 0 Å². The minimum Gasteiger partial charge on any atom is -0.317 e. The van der Waals surface area contributed by atoms with E-state index in [0.29, 0.717) is 0 Å². The van der Waals surface area contributed by atoms with Gasteiger partial charge >= 0.3 is 0 Å². The third kappa shape index (κ3) is 4.65. The van der Waals surface area contributed by atoms with Gasteiger partial charge in [0, 0.05) is 0 Å². The van der Waals surface area contributed by atoms with Crippen molar-refractivity contribution >= 4 is 12.4 Å². The molecular weight excluding hydrogens is 194 g/mol. The lowest BCUT2D eigenvalue weighted by Crippen LogP contribution is -2.28. The molecule has 1 atom stereocenters. The summed E-state index contributed by atoms with van der Waals surface area (Å²) in [6.45, 7) is 6.92. The molecule has 0 radical (unpaired) electrons. The van der Waals surface area contributed by atoms with E-state index in [2.05, 4.69) is 19.2 Å². The molecule has 0 amide bonds. The van der Waals surface area contributed by atoms with E-state index >= 15 is 0 Å². The van der Waals surface area contributed by atoms with Gasteiger partial charge in [-0.2, -0.15) is 0 Å². The second kappa shape index (κ2) is 8.55. The molecule has 14 heavy (non-hydrogen) atoms. The van der Waals surface area contributed by atoms with Crippen LogP contribution in [0.3, 0.4) is 0 Å². The Kier molecular flexibility index (Phi) is 8.70. The summed E-state index contributed by atoms with van der Waals surface area (Å²) in [5.41, 5.74) is 0. The molecule has 1 saturated carbocycles. The Bertz CT molecular complexity index is 121. The lowest BCUT2D eigenvalue weighted by atomic mass is 9.79. The van der Waals surface area contributed by atoms with Crippen LogP contribution in [0, 0.1) is 11.8 Å². The zero-order chi connectivity index (χ0) is 9.52. The fraction of sp³-hybridized carbons (Fsp3) is 1.00. The molecular formula is C12H26ClN. The summed E-state index contributed by atoms with van der Waals surface area (Å²) in [5.74, 6) is 1.97. The Labute approximate surface area is 95.5 Å². The molecule has 1 fully saturated rings. The van der Waals surface area contributed by atoms with Crippen molar-refractivity contribution in [3.8, 4) is 0 Å². The molecule has 0 saturated heterocycles. The maximum Gasteiger partial charge on any atom is -0.00181 e. The molecule has 0 heterocycles. The van der Waals surface area contributed by atoms with Crippen molar-refractivity contribution in [3.05, 3.63) is 0 Å². The minimum atomic E-state index is 0. The van der Waals surface area contributed by atoms with Gasteiger partial charge in [-0.05, 0) is 24.9 Å². The summed E-state index contributed by atoms with van der Waals surface area (Å²) in [5, 5.41) is 3.50. The molecule has 1 aliphatic rings. The number of nitrogens with one attached hydrogen (secondary N) is 1. The first-order valence-electron chi connectivity index (χ1n) is 6.09. The average molecular weight is 220 g/mol. The van der Waals surface area contributed by atoms with Gasteiger partial charge in [0.05, 0.1) is 0 Å². The van der Waals surface area contributed by atoms with E-state index in [-0.39, 0.29) is 12.4 Å². The van der Waals surface area contributed by atoms with Gasteiger partial charge in [-0.25, -0.2) is 0 Å². The Balaban J connectivity index is 0.00000169. The van der Waals surface area contributed by atoms with Crippen LogP contribution in [0.2, 0.25) is 0 Å². The third-order valence-electron chi connectivity index (χ3n) is 3.50. The summed E-state index contributed by atoms with van der Waals surface area (Å²) >= 11 is 0. The molecule has 1 rings (SSSR count). The quantitative estimate of drug-likeness (QED) is 0.745. The zero-order valence-corrected chi connectivity index (χ0v) is 10.5. The van der Waals surface area contributed by atoms with Crippen LogP contribution in [0.4, 0.5) is 0 Å². The first-order chi connectivity index (χ1) is 6.38. The fourth-order valence-corrected chi connectivity index (χ4v) is 2.58. The van der Waals surface area contributed by atoms with Crippen molar-refractivity contribution in [1.82, 2.24) is 5.32 Å². The number of rotatable bonds is 5. The van der Waals surface area contributed by atoms with Gasteiger partial charge < -0.3 is 5.32 Å². The molecule has 0 aromatic heterocycles. The second-order valence-corrected chi connectivity index (χ2v) is 4.37. The highest BCUT2D eigenvalue weighted by Crippen LogP contribution is 2.31. The summed E-state index contributed by atoms with van der Waals surface area (Å²) in [6.07, 6.45) is 8.78. The van der Waals surface area contributed by atoms with E-state index in [1.807, 2.05) is 0 Å². The van der Waals surface area contributed by atoms with Crippen LogP contribution in [0.25, 0.3) is 0 Å². The normalized spacial score (nSPS) is 20.1. The van der Waals surface area contributed by atoms with Gasteiger partial charge in [0.25, 0.3) is 0 Å². The average Bonchev–Trinajstić information content (AvgIpc) is 2.21. The van der Waals surface area contributed by atoms with E-state index in [1.165, 1.54) is 45.1 Å². The molecule has 1 nitrogen and oxygen atoms in total. The van der Waals surface area contributed by atoms with E-state index in [4.69, 9.17) is 0 Å². The predicted octanol–water partition coefficient (Wildman–Crippen LogP) is 3.62. The zero-order valence-electron chi connectivity index (χ0n) is 9.72. The molecule has 0 aromatic rings. The minimum absolute atomic E-state index is 0. The second-order valence-electron chi connectivity index (χ2n) is 4.37. The Morgan fingerprint density at radius 1 is 1.14 bits per heavy atom. The van der Waals surface area contributed by atoms with Gasteiger partial charge in [0.15, 0.2) is 0 Å². The van der Waals surface area contributed by atoms with Crippen LogP contribution < -0.4 is 5.32 Å². The Morgan fingerprint density at radius 2 is 1.79 bits per heavy atom. The molecule has 1 unspecified atom stereocenters. The van der Waals surface area contributed by atoms with E-state index in [0.717, 1.165) is 18.4 Å². The van der Waals surface area contributed by atoms with Crippen molar-refractivity contribution in [2.45, 2.75) is 52.4 Å². The van der Waals surface area contributed by atoms with Crippen LogP contribution in [0.1, 0.15) is 52.4 Å². The van der Waals surface area contributed by atoms with Crippen molar-refractivity contribution in [2.24, 2.45) is 11.8 Å². The highest BCUT2D eigenvalue weighted by molar-refractivity contribution is 5.85. The van der Waals surface area contributed by atoms with Gasteiger partial charge in [0.1, 0.15) is 0 Å². The van der Waals surface area contributed by atoms with Crippen molar-refractivity contribution in [1.29, 1.82) is 0 Å². The molecule has 0 aliphatic heterocycles. The first kappa shape index (κ1) is 14.2. The fourth-order valence-electron chi connectivity index (χ4n) is 2.58. The van der Waals surface area contributed by atoms with Crippen LogP contribution in [0.15, 0.2) is 0 Å². The van der Waals surface area contributed by atoms with E-state index in [1.54, 1.807) is 0 Å². The van der Waals surface area contributed by atoms with Gasteiger partial charge in [0.2, 0.25) is 0 Å². The highest BCUT2D eigenvalue weighted by atomic mass is 35.5. The molecule has 1 aliphatic carbocycles. The summed E-state index contributed by atoms with van der Waals surface area (Å²) < 4.78 is 0. The van der Waals surface area contributed by atoms with Crippen LogP contribution in [-0.2, 0) is 0 Å². The predicted molar refractivity (Wildman–Crippen MR) is 66.1 cm³/mol. The topological polar surface area (TPSA) is 12.0 Å². The van der Waals surface area contributed by atoms with Crippen molar-refractivity contribution in [3.63, 3.8) is 0 Å². The lowest BCUT2D eigenvalue weighted by molar-refractivity contribution is 0.236. The van der Waals surface area contributed by atoms with Crippen LogP contribution in [-0.4, -0.2) is 13.1 Å². The highest BCUT2D eigenvalue weighted by Gasteiger charge is 2.21. The maximum atomic E-state index is 3.50. The number of hydrogen-bond donors (Lipinski definition) is 1. The first-order valence-corrected chi connectivity index (χ1v) is 6.09. The van der Waals surface area contributed by atoms with Crippen molar-refractivity contribution < 1.29 is 0 Å². The molecule has 1 N–H and O–H groups in total. The van der Waals surface area contributed by atoms with Gasteiger partial charge in [-0.1, -0.05) is 52.4 Å². The van der Waals surface area contributed by atoms with Crippen LogP contribution in [0.5, 0.6) is 0 Å². The van der Waals surface area contributed by atoms with Gasteiger partial charge in [-0.3, -0.25) is 0 Å². The van der Waals surface area contributed by atoms with Crippen LogP contribution >= 0.6 is 12.4 Å². The molecule has 0 bridgehead atoms. The maximum absolute atomic E-state index is 3.50. The standard InChI is InChI=1S/C12H25N.ClH/c1-3-11(10-13-4-2)12-8-6-5-7-9-12;/h11-13H,3-10H2,1-2H3;1H. The molecule has 2 heteroatoms. The molecule has 0 spiro atoms. The Morgan fingerprint density at radius 3 is 2.29 bits per heavy atom. The smallest absolute Gasteiger partial charge is 0.00181 e. The lowest BCUT2D eigenvalue weighted by Gasteiger charge is -2.29. The number of hydrogen-bond acceptors (Lipinski definition) is 1. The molecule has 86 valence electrons. The molecule has 0 aromatic carbocycles.